The van der Waals surface area contributed by atoms with Gasteiger partial charge in [-0.3, -0.25) is 9.59 Å². The minimum atomic E-state index is -3.03. The molecule has 0 unspecified atom stereocenters. The number of rotatable bonds is 8. The molecule has 5 rings (SSSR count). The van der Waals surface area contributed by atoms with Crippen LogP contribution >= 0.6 is 0 Å². The Hall–Kier alpha value is -3.86. The summed E-state index contributed by atoms with van der Waals surface area (Å²) in [6, 6.07) is 7.07. The van der Waals surface area contributed by atoms with E-state index in [2.05, 4.69) is 20.2 Å². The molecule has 0 bridgehead atoms. The van der Waals surface area contributed by atoms with Crippen LogP contribution in [0.15, 0.2) is 47.5 Å². The van der Waals surface area contributed by atoms with Crippen molar-refractivity contribution in [3.05, 3.63) is 70.0 Å². The average molecular weight is 542 g/mol. The van der Waals surface area contributed by atoms with E-state index in [0.717, 1.165) is 25.6 Å². The molecule has 8 nitrogen and oxygen atoms in total. The third-order valence-electron chi connectivity index (χ3n) is 7.28. The molecule has 1 saturated carbocycles. The lowest BCUT2D eigenvalue weighted by Crippen LogP contribution is -2.50. The number of carbonyl (C=O) groups is 1. The minimum absolute atomic E-state index is 0.169. The molecule has 0 spiro atoms. The number of alkyl halides is 2. The molecule has 0 radical (unpaired) electrons. The van der Waals surface area contributed by atoms with Gasteiger partial charge in [-0.2, -0.15) is 0 Å². The van der Waals surface area contributed by atoms with Crippen LogP contribution in [0, 0.1) is 11.7 Å². The molecule has 2 fully saturated rings. The van der Waals surface area contributed by atoms with Gasteiger partial charge in [0.2, 0.25) is 11.4 Å². The van der Waals surface area contributed by atoms with Crippen LogP contribution in [0.2, 0.25) is 0 Å². The summed E-state index contributed by atoms with van der Waals surface area (Å²) in [5.74, 6) is -0.349. The highest BCUT2D eigenvalue weighted by Gasteiger charge is 2.27. The van der Waals surface area contributed by atoms with Crippen LogP contribution in [-0.4, -0.2) is 60.1 Å². The van der Waals surface area contributed by atoms with Gasteiger partial charge in [0.05, 0.1) is 23.5 Å². The van der Waals surface area contributed by atoms with E-state index in [1.807, 2.05) is 18.9 Å². The summed E-state index contributed by atoms with van der Waals surface area (Å²) >= 11 is 0. The molecule has 206 valence electrons. The molecule has 3 heterocycles. The van der Waals surface area contributed by atoms with Crippen LogP contribution in [-0.2, 0) is 0 Å². The Bertz CT molecular complexity index is 1410. The summed E-state index contributed by atoms with van der Waals surface area (Å²) in [5.41, 5.74) is -0.439. The van der Waals surface area contributed by atoms with Crippen LogP contribution < -0.4 is 20.5 Å². The number of aromatic amines is 1. The van der Waals surface area contributed by atoms with E-state index in [1.54, 1.807) is 12.1 Å². The topological polar surface area (TPSA) is 90.6 Å². The normalized spacial score (nSPS) is 17.9. The Balaban J connectivity index is 1.50. The monoisotopic (exact) mass is 541 g/mol. The second-order valence-corrected chi connectivity index (χ2v) is 10.2. The number of ether oxygens (including phenoxy) is 1. The van der Waals surface area contributed by atoms with Crippen LogP contribution in [0.25, 0.3) is 11.1 Å². The van der Waals surface area contributed by atoms with Gasteiger partial charge in [-0.05, 0) is 50.9 Å². The lowest BCUT2D eigenvalue weighted by Gasteiger charge is -2.39. The molecule has 11 heteroatoms. The van der Waals surface area contributed by atoms with Gasteiger partial charge in [0, 0.05) is 66.9 Å². The van der Waals surface area contributed by atoms with Crippen molar-refractivity contribution in [3.63, 3.8) is 0 Å². The number of likely N-dealkylation sites (N-methyl/N-ethyl adjacent to an activating group) is 1. The summed E-state index contributed by atoms with van der Waals surface area (Å²) in [6.45, 7) is 4.52. The zero-order valence-corrected chi connectivity index (χ0v) is 21.7. The largest absolute Gasteiger partial charge is 0.477 e. The number of H-pyrrole nitrogens is 1. The first-order valence-corrected chi connectivity index (χ1v) is 12.9. The number of piperazine rings is 1. The van der Waals surface area contributed by atoms with E-state index in [1.165, 1.54) is 18.3 Å². The van der Waals surface area contributed by atoms with Crippen LogP contribution in [0.5, 0.6) is 5.88 Å². The number of benzene rings is 1. The first-order valence-electron chi connectivity index (χ1n) is 12.9. The molecule has 2 aliphatic rings. The fourth-order valence-electron chi connectivity index (χ4n) is 4.58. The number of pyridine rings is 2. The molecular formula is C28H30F3N5O3. The maximum atomic E-state index is 15.5. The van der Waals surface area contributed by atoms with Crippen LogP contribution in [0.3, 0.4) is 0 Å². The summed E-state index contributed by atoms with van der Waals surface area (Å²) < 4.78 is 48.4. The molecular weight excluding hydrogens is 511 g/mol. The lowest BCUT2D eigenvalue weighted by molar-refractivity contribution is 0.101. The lowest BCUT2D eigenvalue weighted by atomic mass is 10.0. The summed E-state index contributed by atoms with van der Waals surface area (Å²) in [6.07, 6.45) is 1.73. The molecule has 1 aliphatic carbocycles. The van der Waals surface area contributed by atoms with Gasteiger partial charge >= 0.3 is 0 Å². The zero-order valence-electron chi connectivity index (χ0n) is 21.7. The fourth-order valence-corrected chi connectivity index (χ4v) is 4.58. The van der Waals surface area contributed by atoms with Crippen molar-refractivity contribution in [2.75, 3.05) is 43.5 Å². The summed E-state index contributed by atoms with van der Waals surface area (Å²) in [4.78, 5) is 35.5. The van der Waals surface area contributed by atoms with E-state index < -0.39 is 29.3 Å². The smallest absolute Gasteiger partial charge is 0.264 e. The Kier molecular flexibility index (Phi) is 7.60. The van der Waals surface area contributed by atoms with Gasteiger partial charge in [-0.1, -0.05) is 0 Å². The van der Waals surface area contributed by atoms with Gasteiger partial charge < -0.3 is 24.8 Å². The highest BCUT2D eigenvalue weighted by Crippen LogP contribution is 2.36. The third-order valence-corrected chi connectivity index (χ3v) is 7.28. The van der Waals surface area contributed by atoms with Crippen molar-refractivity contribution in [1.29, 1.82) is 0 Å². The molecule has 2 N–H and O–H groups in total. The second kappa shape index (κ2) is 11.1. The number of anilines is 2. The van der Waals surface area contributed by atoms with Gasteiger partial charge in [-0.15, -0.1) is 0 Å². The fraction of sp³-hybridized carbons (Fsp3) is 0.393. The molecule has 1 aromatic carbocycles. The Morgan fingerprint density at radius 3 is 2.69 bits per heavy atom. The predicted molar refractivity (Wildman–Crippen MR) is 142 cm³/mol. The predicted octanol–water partition coefficient (Wildman–Crippen LogP) is 4.70. The van der Waals surface area contributed by atoms with Crippen molar-refractivity contribution in [2.45, 2.75) is 32.2 Å². The number of aromatic nitrogens is 2. The Morgan fingerprint density at radius 2 is 2.03 bits per heavy atom. The van der Waals surface area contributed by atoms with Crippen molar-refractivity contribution in [3.8, 4) is 17.0 Å². The molecule has 39 heavy (non-hydrogen) atoms. The number of hydrogen-bond donors (Lipinski definition) is 2. The van der Waals surface area contributed by atoms with E-state index in [4.69, 9.17) is 4.74 Å². The van der Waals surface area contributed by atoms with E-state index in [9.17, 15) is 18.4 Å². The highest BCUT2D eigenvalue weighted by atomic mass is 19.3. The number of amides is 1. The van der Waals surface area contributed by atoms with Gasteiger partial charge in [0.25, 0.3) is 12.3 Å². The molecule has 1 amide bonds. The number of nitrogens with one attached hydrogen (secondary N) is 2. The number of carbonyl (C=O) groups excluding carboxylic acids is 1. The molecule has 1 atom stereocenters. The van der Waals surface area contributed by atoms with Gasteiger partial charge in [0.15, 0.2) is 0 Å². The van der Waals surface area contributed by atoms with Crippen LogP contribution in [0.4, 0.5) is 24.5 Å². The minimum Gasteiger partial charge on any atom is -0.477 e. The molecule has 1 saturated heterocycles. The van der Waals surface area contributed by atoms with E-state index in [0.29, 0.717) is 48.8 Å². The summed E-state index contributed by atoms with van der Waals surface area (Å²) in [5, 5.41) is 2.69. The van der Waals surface area contributed by atoms with Crippen molar-refractivity contribution in [1.82, 2.24) is 14.9 Å². The van der Waals surface area contributed by atoms with Gasteiger partial charge in [-0.25, -0.2) is 18.2 Å². The number of halogens is 3. The third kappa shape index (κ3) is 6.08. The van der Waals surface area contributed by atoms with Crippen LogP contribution in [0.1, 0.15) is 42.1 Å². The first kappa shape index (κ1) is 26.7. The number of nitrogens with zero attached hydrogens (tertiary/aromatic N) is 3. The van der Waals surface area contributed by atoms with E-state index in [-0.39, 0.29) is 22.9 Å². The Morgan fingerprint density at radius 1 is 1.23 bits per heavy atom. The number of hydrogen-bond acceptors (Lipinski definition) is 6. The van der Waals surface area contributed by atoms with Crippen molar-refractivity contribution < 1.29 is 22.7 Å². The van der Waals surface area contributed by atoms with Crippen molar-refractivity contribution >= 4 is 17.3 Å². The second-order valence-electron chi connectivity index (χ2n) is 10.2. The molecule has 2 aromatic heterocycles. The van der Waals surface area contributed by atoms with Gasteiger partial charge in [0.1, 0.15) is 5.82 Å². The van der Waals surface area contributed by atoms with E-state index >= 15 is 4.39 Å². The molecule has 1 aliphatic heterocycles. The standard InChI is InChI=1S/C28H30F3N5O3/c1-16-14-36(8-7-35(16)2)24-11-22(29)19(18-5-6-26(33-12-18)39-15-17-3-4-17)9-23(24)34-28(38)21-13-32-25(37)10-20(21)27(30)31/h5-6,9-13,16-17,27H,3-4,7-8,14-15H2,1-2H3,(H,32,37)(H,34,38)/t16-/m1/s1. The first-order chi connectivity index (χ1) is 18.7. The maximum absolute atomic E-state index is 15.5. The maximum Gasteiger partial charge on any atom is 0.264 e. The van der Waals surface area contributed by atoms with Crippen molar-refractivity contribution in [2.24, 2.45) is 5.92 Å². The quantitative estimate of drug-likeness (QED) is 0.430. The SMILES string of the molecule is C[C@@H]1CN(c2cc(F)c(-c3ccc(OCC4CC4)nc3)cc2NC(=O)c2c[nH]c(=O)cc2C(F)F)CCN1C. The average Bonchev–Trinajstić information content (AvgIpc) is 3.75. The summed E-state index contributed by atoms with van der Waals surface area (Å²) in [7, 11) is 2.00. The molecule has 3 aromatic rings. The highest BCUT2D eigenvalue weighted by molar-refractivity contribution is 6.07. The zero-order chi connectivity index (χ0) is 27.7. The Labute approximate surface area is 223 Å².